The van der Waals surface area contributed by atoms with Gasteiger partial charge < -0.3 is 0 Å². The number of benzene rings is 3. The number of aryl methyl sites for hydroxylation is 1. The van der Waals surface area contributed by atoms with E-state index in [1.807, 2.05) is 24.3 Å². The van der Waals surface area contributed by atoms with E-state index in [1.54, 1.807) is 6.07 Å². The van der Waals surface area contributed by atoms with Crippen molar-refractivity contribution in [3.8, 4) is 11.1 Å². The first-order valence-corrected chi connectivity index (χ1v) is 8.25. The molecule has 1 aliphatic carbocycles. The zero-order chi connectivity index (χ0) is 16.7. The average molecular weight is 326 g/mol. The second-order valence-electron chi connectivity index (χ2n) is 6.40. The zero-order valence-electron chi connectivity index (χ0n) is 13.2. The van der Waals surface area contributed by atoms with E-state index >= 15 is 0 Å². The van der Waals surface area contributed by atoms with Crippen LogP contribution in [0.3, 0.4) is 0 Å². The van der Waals surface area contributed by atoms with Crippen molar-refractivity contribution in [1.29, 1.82) is 0 Å². The Hall–Kier alpha value is -2.29. The molecule has 4 rings (SSSR count). The van der Waals surface area contributed by atoms with Gasteiger partial charge in [-0.15, -0.1) is 0 Å². The third-order valence-corrected chi connectivity index (χ3v) is 4.85. The molecule has 0 aromatic heterocycles. The van der Waals surface area contributed by atoms with Crippen molar-refractivity contribution >= 4 is 10.8 Å². The lowest BCUT2D eigenvalue weighted by molar-refractivity contribution is -0.137. The van der Waals surface area contributed by atoms with E-state index < -0.39 is 11.7 Å². The topological polar surface area (TPSA) is 0 Å². The minimum absolute atomic E-state index is 0.586. The molecule has 0 fully saturated rings. The van der Waals surface area contributed by atoms with Gasteiger partial charge in [0.25, 0.3) is 0 Å². The fourth-order valence-electron chi connectivity index (χ4n) is 3.76. The van der Waals surface area contributed by atoms with Gasteiger partial charge >= 0.3 is 6.18 Å². The van der Waals surface area contributed by atoms with E-state index in [-0.39, 0.29) is 0 Å². The molecule has 24 heavy (non-hydrogen) atoms. The Balaban J connectivity index is 2.02. The van der Waals surface area contributed by atoms with Gasteiger partial charge in [0.15, 0.2) is 0 Å². The number of fused-ring (bicyclic) bond motifs is 2. The zero-order valence-corrected chi connectivity index (χ0v) is 13.2. The quantitative estimate of drug-likeness (QED) is 0.485. The molecule has 0 bridgehead atoms. The van der Waals surface area contributed by atoms with Crippen LogP contribution in [0, 0.1) is 0 Å². The van der Waals surface area contributed by atoms with Crippen molar-refractivity contribution < 1.29 is 13.2 Å². The molecule has 0 amide bonds. The molecule has 0 aliphatic heterocycles. The van der Waals surface area contributed by atoms with Gasteiger partial charge in [0, 0.05) is 0 Å². The van der Waals surface area contributed by atoms with Gasteiger partial charge in [0.2, 0.25) is 0 Å². The minimum atomic E-state index is -4.32. The van der Waals surface area contributed by atoms with E-state index in [2.05, 4.69) is 6.07 Å². The molecule has 0 unspecified atom stereocenters. The van der Waals surface area contributed by atoms with E-state index in [0.29, 0.717) is 5.56 Å². The van der Waals surface area contributed by atoms with Crippen LogP contribution >= 0.6 is 0 Å². The van der Waals surface area contributed by atoms with Crippen LogP contribution in [0.2, 0.25) is 0 Å². The summed E-state index contributed by atoms with van der Waals surface area (Å²) in [6, 6.07) is 15.9. The van der Waals surface area contributed by atoms with Crippen LogP contribution in [0.1, 0.15) is 29.5 Å². The Kier molecular flexibility index (Phi) is 3.60. The number of halogens is 3. The Morgan fingerprint density at radius 2 is 1.58 bits per heavy atom. The van der Waals surface area contributed by atoms with Gasteiger partial charge in [-0.2, -0.15) is 13.2 Å². The Morgan fingerprint density at radius 1 is 0.792 bits per heavy atom. The molecule has 122 valence electrons. The van der Waals surface area contributed by atoms with Gasteiger partial charge in [0.05, 0.1) is 5.56 Å². The van der Waals surface area contributed by atoms with E-state index in [4.69, 9.17) is 0 Å². The predicted octanol–water partition coefficient (Wildman–Crippen LogP) is 6.40. The van der Waals surface area contributed by atoms with E-state index in [1.165, 1.54) is 23.3 Å². The van der Waals surface area contributed by atoms with Crippen LogP contribution in [-0.2, 0) is 19.0 Å². The van der Waals surface area contributed by atoms with Crippen LogP contribution in [0.15, 0.2) is 54.6 Å². The molecule has 0 saturated heterocycles. The lowest BCUT2D eigenvalue weighted by atomic mass is 9.82. The monoisotopic (exact) mass is 326 g/mol. The summed E-state index contributed by atoms with van der Waals surface area (Å²) in [6.07, 6.45) is -0.136. The number of hydrogen-bond acceptors (Lipinski definition) is 0. The normalized spacial score (nSPS) is 14.6. The molecular formula is C21H17F3. The van der Waals surface area contributed by atoms with E-state index in [0.717, 1.165) is 48.1 Å². The first kappa shape index (κ1) is 15.3. The fourth-order valence-corrected chi connectivity index (χ4v) is 3.76. The molecule has 0 heterocycles. The Labute approximate surface area is 138 Å². The van der Waals surface area contributed by atoms with E-state index in [9.17, 15) is 13.2 Å². The standard InChI is InChI=1S/C21H17F3/c22-21(23,24)17-9-5-8-16(13-17)20-18-10-3-1-6-14(18)12-15-7-2-4-11-19(15)20/h1,3,5-6,8-10,12-13H,2,4,7,11H2. The van der Waals surface area contributed by atoms with Crippen molar-refractivity contribution in [1.82, 2.24) is 0 Å². The molecule has 3 aromatic carbocycles. The highest BCUT2D eigenvalue weighted by Gasteiger charge is 2.31. The molecule has 1 aliphatic rings. The summed E-state index contributed by atoms with van der Waals surface area (Å²) in [7, 11) is 0. The second-order valence-corrected chi connectivity index (χ2v) is 6.40. The average Bonchev–Trinajstić information content (AvgIpc) is 2.59. The molecule has 0 radical (unpaired) electrons. The number of hydrogen-bond donors (Lipinski definition) is 0. The van der Waals surface area contributed by atoms with Crippen molar-refractivity contribution in [3.05, 3.63) is 71.3 Å². The maximum absolute atomic E-state index is 13.1. The Bertz CT molecular complexity index is 907. The third-order valence-electron chi connectivity index (χ3n) is 4.85. The van der Waals surface area contributed by atoms with Gasteiger partial charge in [-0.1, -0.05) is 42.5 Å². The largest absolute Gasteiger partial charge is 0.416 e. The summed E-state index contributed by atoms with van der Waals surface area (Å²) in [4.78, 5) is 0. The Morgan fingerprint density at radius 3 is 2.42 bits per heavy atom. The second kappa shape index (κ2) is 5.66. The molecular weight excluding hydrogens is 309 g/mol. The van der Waals surface area contributed by atoms with Crippen molar-refractivity contribution in [2.45, 2.75) is 31.9 Å². The molecule has 0 spiro atoms. The summed E-state index contributed by atoms with van der Waals surface area (Å²) in [6.45, 7) is 0. The lowest BCUT2D eigenvalue weighted by Gasteiger charge is -2.22. The minimum Gasteiger partial charge on any atom is -0.166 e. The van der Waals surface area contributed by atoms with Gasteiger partial charge in [-0.25, -0.2) is 0 Å². The summed E-state index contributed by atoms with van der Waals surface area (Å²) < 4.78 is 39.4. The van der Waals surface area contributed by atoms with Crippen LogP contribution < -0.4 is 0 Å². The molecule has 0 N–H and O–H groups in total. The highest BCUT2D eigenvalue weighted by atomic mass is 19.4. The van der Waals surface area contributed by atoms with Crippen LogP contribution in [0.5, 0.6) is 0 Å². The summed E-state index contributed by atoms with van der Waals surface area (Å²) in [5.74, 6) is 0. The number of alkyl halides is 3. The smallest absolute Gasteiger partial charge is 0.166 e. The molecule has 3 heteroatoms. The van der Waals surface area contributed by atoms with Crippen molar-refractivity contribution in [3.63, 3.8) is 0 Å². The van der Waals surface area contributed by atoms with Crippen LogP contribution in [0.4, 0.5) is 13.2 Å². The van der Waals surface area contributed by atoms with Crippen LogP contribution in [-0.4, -0.2) is 0 Å². The number of rotatable bonds is 1. The molecule has 0 nitrogen and oxygen atoms in total. The SMILES string of the molecule is FC(F)(F)c1cccc(-c2c3c(cc4ccccc24)CCCC3)c1. The molecule has 3 aromatic rings. The molecule has 0 atom stereocenters. The summed E-state index contributed by atoms with van der Waals surface area (Å²) in [5, 5.41) is 2.14. The van der Waals surface area contributed by atoms with Crippen molar-refractivity contribution in [2.24, 2.45) is 0 Å². The van der Waals surface area contributed by atoms with Crippen LogP contribution in [0.25, 0.3) is 21.9 Å². The lowest BCUT2D eigenvalue weighted by Crippen LogP contribution is -2.07. The van der Waals surface area contributed by atoms with Gasteiger partial charge in [-0.05, 0) is 70.8 Å². The first-order chi connectivity index (χ1) is 11.5. The fraction of sp³-hybridized carbons (Fsp3) is 0.238. The van der Waals surface area contributed by atoms with Gasteiger partial charge in [-0.3, -0.25) is 0 Å². The predicted molar refractivity (Wildman–Crippen MR) is 91.0 cm³/mol. The highest BCUT2D eigenvalue weighted by molar-refractivity contribution is 5.99. The first-order valence-electron chi connectivity index (χ1n) is 8.25. The maximum Gasteiger partial charge on any atom is 0.416 e. The summed E-state index contributed by atoms with van der Waals surface area (Å²) in [5.41, 5.74) is 3.57. The third kappa shape index (κ3) is 2.58. The maximum atomic E-state index is 13.1. The van der Waals surface area contributed by atoms with Crippen molar-refractivity contribution in [2.75, 3.05) is 0 Å². The molecule has 0 saturated carbocycles. The highest BCUT2D eigenvalue weighted by Crippen LogP contribution is 2.40. The summed E-state index contributed by atoms with van der Waals surface area (Å²) >= 11 is 0. The van der Waals surface area contributed by atoms with Gasteiger partial charge in [0.1, 0.15) is 0 Å².